The average molecular weight is 319 g/mol. The second-order valence-electron chi connectivity index (χ2n) is 4.10. The molecule has 0 aliphatic rings. The molecule has 1 rings (SSSR count). The second kappa shape index (κ2) is 7.02. The number of sulfonamides is 1. The van der Waals surface area contributed by atoms with Crippen LogP contribution in [0.15, 0.2) is 18.2 Å². The van der Waals surface area contributed by atoms with Gasteiger partial charge < -0.3 is 9.84 Å². The van der Waals surface area contributed by atoms with Crippen LogP contribution >= 0.6 is 0 Å². The summed E-state index contributed by atoms with van der Waals surface area (Å²) in [4.78, 5) is 21.6. The summed E-state index contributed by atoms with van der Waals surface area (Å²) < 4.78 is 43.3. The van der Waals surface area contributed by atoms with E-state index in [2.05, 4.69) is 9.46 Å². The summed E-state index contributed by atoms with van der Waals surface area (Å²) in [6.45, 7) is 0. The third kappa shape index (κ3) is 5.38. The first-order valence-corrected chi connectivity index (χ1v) is 7.50. The van der Waals surface area contributed by atoms with E-state index in [1.54, 1.807) is 0 Å². The molecule has 21 heavy (non-hydrogen) atoms. The third-order valence-corrected chi connectivity index (χ3v) is 3.82. The fourth-order valence-corrected chi connectivity index (χ4v) is 2.61. The van der Waals surface area contributed by atoms with Crippen LogP contribution in [0.2, 0.25) is 0 Å². The number of carboxylic acids is 1. The van der Waals surface area contributed by atoms with Gasteiger partial charge in [0.05, 0.1) is 18.4 Å². The van der Waals surface area contributed by atoms with Gasteiger partial charge in [0.1, 0.15) is 5.82 Å². The number of methoxy groups -OCH3 is 1. The maximum atomic E-state index is 13.4. The van der Waals surface area contributed by atoms with E-state index in [0.717, 1.165) is 25.3 Å². The molecular formula is C12H14FNO6S. The first-order valence-electron chi connectivity index (χ1n) is 5.85. The lowest BCUT2D eigenvalue weighted by atomic mass is 10.2. The molecule has 0 aliphatic carbocycles. The Labute approximate surface area is 120 Å². The van der Waals surface area contributed by atoms with Crippen molar-refractivity contribution in [3.63, 3.8) is 0 Å². The number of aliphatic carboxylic acids is 1. The molecule has 9 heteroatoms. The number of nitrogens with one attached hydrogen (secondary N) is 1. The van der Waals surface area contributed by atoms with Gasteiger partial charge in [-0.1, -0.05) is 0 Å². The summed E-state index contributed by atoms with van der Waals surface area (Å²) in [6.07, 6.45) is -0.340. The maximum Gasteiger partial charge on any atom is 0.340 e. The number of hydrogen-bond donors (Lipinski definition) is 2. The van der Waals surface area contributed by atoms with Crippen LogP contribution in [-0.2, 0) is 19.6 Å². The van der Waals surface area contributed by atoms with Crippen molar-refractivity contribution in [2.45, 2.75) is 12.8 Å². The molecule has 0 spiro atoms. The third-order valence-electron chi connectivity index (χ3n) is 2.45. The number of rotatable bonds is 7. The second-order valence-corrected chi connectivity index (χ2v) is 5.95. The molecule has 0 bridgehead atoms. The van der Waals surface area contributed by atoms with E-state index in [9.17, 15) is 22.4 Å². The van der Waals surface area contributed by atoms with Gasteiger partial charge in [0.15, 0.2) is 0 Å². The van der Waals surface area contributed by atoms with Gasteiger partial charge in [-0.2, -0.15) is 0 Å². The van der Waals surface area contributed by atoms with Crippen molar-refractivity contribution >= 4 is 27.6 Å². The van der Waals surface area contributed by atoms with Crippen LogP contribution in [0.4, 0.5) is 10.1 Å². The monoisotopic (exact) mass is 319 g/mol. The molecule has 0 aliphatic heterocycles. The van der Waals surface area contributed by atoms with Gasteiger partial charge in [-0.3, -0.25) is 9.52 Å². The number of benzene rings is 1. The highest BCUT2D eigenvalue weighted by atomic mass is 32.2. The fourth-order valence-electron chi connectivity index (χ4n) is 1.50. The topological polar surface area (TPSA) is 110 Å². The summed E-state index contributed by atoms with van der Waals surface area (Å²) in [5.74, 6) is -3.26. The van der Waals surface area contributed by atoms with Crippen molar-refractivity contribution in [1.29, 1.82) is 0 Å². The number of anilines is 1. The summed E-state index contributed by atoms with van der Waals surface area (Å²) in [7, 11) is -2.71. The van der Waals surface area contributed by atoms with Gasteiger partial charge in [0.25, 0.3) is 0 Å². The molecule has 0 saturated carbocycles. The SMILES string of the molecule is COC(=O)c1cc(NS(=O)(=O)CCCC(=O)O)ccc1F. The zero-order valence-electron chi connectivity index (χ0n) is 11.1. The summed E-state index contributed by atoms with van der Waals surface area (Å²) in [5, 5.41) is 8.45. The quantitative estimate of drug-likeness (QED) is 0.731. The highest BCUT2D eigenvalue weighted by Gasteiger charge is 2.16. The van der Waals surface area contributed by atoms with Crippen molar-refractivity contribution in [3.05, 3.63) is 29.6 Å². The zero-order valence-corrected chi connectivity index (χ0v) is 11.9. The van der Waals surface area contributed by atoms with Gasteiger partial charge in [-0.05, 0) is 24.6 Å². The number of carbonyl (C=O) groups excluding carboxylic acids is 1. The molecule has 0 heterocycles. The number of carboxylic acid groups (broad SMARTS) is 1. The minimum Gasteiger partial charge on any atom is -0.481 e. The van der Waals surface area contributed by atoms with E-state index in [1.165, 1.54) is 0 Å². The van der Waals surface area contributed by atoms with Gasteiger partial charge in [0, 0.05) is 12.1 Å². The first kappa shape index (κ1) is 16.9. The van der Waals surface area contributed by atoms with Crippen molar-refractivity contribution in [2.24, 2.45) is 0 Å². The molecule has 1 aromatic carbocycles. The predicted molar refractivity (Wildman–Crippen MR) is 72.0 cm³/mol. The van der Waals surface area contributed by atoms with Crippen LogP contribution < -0.4 is 4.72 Å². The molecule has 1 aromatic rings. The lowest BCUT2D eigenvalue weighted by Gasteiger charge is -2.09. The van der Waals surface area contributed by atoms with Crippen molar-refractivity contribution < 1.29 is 32.2 Å². The van der Waals surface area contributed by atoms with E-state index in [1.807, 2.05) is 0 Å². The Morgan fingerprint density at radius 3 is 2.62 bits per heavy atom. The highest BCUT2D eigenvalue weighted by Crippen LogP contribution is 2.17. The zero-order chi connectivity index (χ0) is 16.0. The molecule has 0 aromatic heterocycles. The molecule has 0 radical (unpaired) electrons. The van der Waals surface area contributed by atoms with Crippen molar-refractivity contribution in [1.82, 2.24) is 0 Å². The Hall–Kier alpha value is -2.16. The Kier molecular flexibility index (Phi) is 5.65. The molecule has 0 saturated heterocycles. The minimum absolute atomic E-state index is 0.00729. The number of carbonyl (C=O) groups is 2. The number of halogens is 1. The van der Waals surface area contributed by atoms with E-state index >= 15 is 0 Å². The van der Waals surface area contributed by atoms with Crippen LogP contribution in [0.3, 0.4) is 0 Å². The average Bonchev–Trinajstić information content (AvgIpc) is 2.39. The van der Waals surface area contributed by atoms with Gasteiger partial charge in [-0.15, -0.1) is 0 Å². The smallest absolute Gasteiger partial charge is 0.340 e. The summed E-state index contributed by atoms with van der Waals surface area (Å²) in [6, 6.07) is 3.09. The van der Waals surface area contributed by atoms with Crippen LogP contribution in [0.1, 0.15) is 23.2 Å². The lowest BCUT2D eigenvalue weighted by molar-refractivity contribution is -0.137. The van der Waals surface area contributed by atoms with E-state index in [4.69, 9.17) is 5.11 Å². The van der Waals surface area contributed by atoms with Crippen LogP contribution in [0, 0.1) is 5.82 Å². The van der Waals surface area contributed by atoms with E-state index in [-0.39, 0.29) is 18.5 Å². The summed E-state index contributed by atoms with van der Waals surface area (Å²) in [5.41, 5.74) is -0.407. The Bertz CT molecular complexity index is 643. The van der Waals surface area contributed by atoms with Crippen LogP contribution in [0.5, 0.6) is 0 Å². The molecule has 0 fully saturated rings. The van der Waals surface area contributed by atoms with Gasteiger partial charge in [0.2, 0.25) is 10.0 Å². The van der Waals surface area contributed by atoms with Crippen molar-refractivity contribution in [2.75, 3.05) is 17.6 Å². The lowest BCUT2D eigenvalue weighted by Crippen LogP contribution is -2.18. The molecule has 2 N–H and O–H groups in total. The normalized spacial score (nSPS) is 11.0. The van der Waals surface area contributed by atoms with Gasteiger partial charge >= 0.3 is 11.9 Å². The number of ether oxygens (including phenoxy) is 1. The largest absolute Gasteiger partial charge is 0.481 e. The predicted octanol–water partition coefficient (Wildman–Crippen LogP) is 1.22. The molecule has 0 amide bonds. The number of hydrogen-bond acceptors (Lipinski definition) is 5. The Morgan fingerprint density at radius 2 is 2.05 bits per heavy atom. The molecular weight excluding hydrogens is 305 g/mol. The minimum atomic E-state index is -3.78. The maximum absolute atomic E-state index is 13.4. The molecule has 116 valence electrons. The van der Waals surface area contributed by atoms with E-state index in [0.29, 0.717) is 0 Å². The molecule has 7 nitrogen and oxygen atoms in total. The van der Waals surface area contributed by atoms with Gasteiger partial charge in [-0.25, -0.2) is 17.6 Å². The molecule has 0 atom stereocenters. The van der Waals surface area contributed by atoms with Crippen LogP contribution in [-0.4, -0.2) is 38.3 Å². The first-order chi connectivity index (χ1) is 9.75. The highest BCUT2D eigenvalue weighted by molar-refractivity contribution is 7.92. The standard InChI is InChI=1S/C12H14FNO6S/c1-20-12(17)9-7-8(4-5-10(9)13)14-21(18,19)6-2-3-11(15)16/h4-5,7,14H,2-3,6H2,1H3,(H,15,16). The Balaban J connectivity index is 2.83. The van der Waals surface area contributed by atoms with Crippen LogP contribution in [0.25, 0.3) is 0 Å². The number of esters is 1. The Morgan fingerprint density at radius 1 is 1.38 bits per heavy atom. The summed E-state index contributed by atoms with van der Waals surface area (Å²) >= 11 is 0. The van der Waals surface area contributed by atoms with E-state index < -0.39 is 39.1 Å². The molecule has 0 unspecified atom stereocenters. The fraction of sp³-hybridized carbons (Fsp3) is 0.333. The van der Waals surface area contributed by atoms with Crippen molar-refractivity contribution in [3.8, 4) is 0 Å².